The number of ether oxygens (including phenoxy) is 1. The lowest BCUT2D eigenvalue weighted by molar-refractivity contribution is 0.217. The van der Waals surface area contributed by atoms with Crippen molar-refractivity contribution < 1.29 is 14.6 Å². The fourth-order valence-corrected chi connectivity index (χ4v) is 2.56. The van der Waals surface area contributed by atoms with Crippen molar-refractivity contribution in [2.45, 2.75) is 12.5 Å². The smallest absolute Gasteiger partial charge is 0.315 e. The molecule has 0 saturated heterocycles. The van der Waals surface area contributed by atoms with Crippen LogP contribution < -0.4 is 15.4 Å². The van der Waals surface area contributed by atoms with Gasteiger partial charge in [0.25, 0.3) is 0 Å². The summed E-state index contributed by atoms with van der Waals surface area (Å²) in [5.41, 5.74) is 1.79. The highest BCUT2D eigenvalue weighted by atomic mass is 35.5. The van der Waals surface area contributed by atoms with Gasteiger partial charge in [0, 0.05) is 11.6 Å². The van der Waals surface area contributed by atoms with Gasteiger partial charge in [0.2, 0.25) is 0 Å². The molecule has 0 aliphatic carbocycles. The molecule has 2 aromatic carbocycles. The molecule has 0 saturated carbocycles. The summed E-state index contributed by atoms with van der Waals surface area (Å²) in [5, 5.41) is 15.6. The van der Waals surface area contributed by atoms with Crippen LogP contribution in [0.4, 0.5) is 4.79 Å². The van der Waals surface area contributed by atoms with Gasteiger partial charge < -0.3 is 20.5 Å². The lowest BCUT2D eigenvalue weighted by Gasteiger charge is -2.17. The van der Waals surface area contributed by atoms with Crippen LogP contribution in [0.1, 0.15) is 17.2 Å². The Balaban J connectivity index is 1.82. The van der Waals surface area contributed by atoms with E-state index in [4.69, 9.17) is 16.3 Å². The van der Waals surface area contributed by atoms with E-state index in [0.29, 0.717) is 23.7 Å². The largest absolute Gasteiger partial charge is 0.497 e. The van der Waals surface area contributed by atoms with Crippen molar-refractivity contribution in [1.29, 1.82) is 0 Å². The second-order valence-corrected chi connectivity index (χ2v) is 5.66. The first-order chi connectivity index (χ1) is 11.6. The quantitative estimate of drug-likeness (QED) is 0.720. The molecule has 0 aliphatic rings. The molecule has 1 atom stereocenters. The van der Waals surface area contributed by atoms with E-state index in [0.717, 1.165) is 11.1 Å². The molecule has 2 rings (SSSR count). The lowest BCUT2D eigenvalue weighted by atomic mass is 10.1. The number of nitrogens with one attached hydrogen (secondary N) is 2. The Kier molecular flexibility index (Phi) is 6.90. The second kappa shape index (κ2) is 9.15. The number of carbonyl (C=O) groups is 1. The Bertz CT molecular complexity index is 665. The SMILES string of the molecule is COc1ccc(CCNC(=O)NC(CO)c2ccccc2)c(Cl)c1. The Morgan fingerprint density at radius 2 is 2.00 bits per heavy atom. The minimum Gasteiger partial charge on any atom is -0.497 e. The average Bonchev–Trinajstić information content (AvgIpc) is 2.61. The minimum absolute atomic E-state index is 0.165. The first-order valence-corrected chi connectivity index (χ1v) is 8.04. The number of hydrogen-bond donors (Lipinski definition) is 3. The van der Waals surface area contributed by atoms with Crippen molar-refractivity contribution >= 4 is 17.6 Å². The number of urea groups is 1. The van der Waals surface area contributed by atoms with E-state index in [1.54, 1.807) is 13.2 Å². The summed E-state index contributed by atoms with van der Waals surface area (Å²) in [4.78, 5) is 12.0. The van der Waals surface area contributed by atoms with E-state index >= 15 is 0 Å². The van der Waals surface area contributed by atoms with Gasteiger partial charge >= 0.3 is 6.03 Å². The monoisotopic (exact) mass is 348 g/mol. The van der Waals surface area contributed by atoms with Crippen molar-refractivity contribution in [3.05, 3.63) is 64.7 Å². The number of benzene rings is 2. The zero-order chi connectivity index (χ0) is 17.4. The standard InChI is InChI=1S/C18H21ClN2O3/c1-24-15-8-7-13(16(19)11-15)9-10-20-18(23)21-17(12-22)14-5-3-2-4-6-14/h2-8,11,17,22H,9-10,12H2,1H3,(H2,20,21,23). The topological polar surface area (TPSA) is 70.6 Å². The van der Waals surface area contributed by atoms with Crippen molar-refractivity contribution in [2.24, 2.45) is 0 Å². The molecule has 0 bridgehead atoms. The van der Waals surface area contributed by atoms with E-state index in [-0.39, 0.29) is 12.6 Å². The molecule has 0 aliphatic heterocycles. The maximum atomic E-state index is 12.0. The highest BCUT2D eigenvalue weighted by Crippen LogP contribution is 2.22. The van der Waals surface area contributed by atoms with Gasteiger partial charge in [0.1, 0.15) is 5.75 Å². The van der Waals surface area contributed by atoms with E-state index in [2.05, 4.69) is 10.6 Å². The number of halogens is 1. The zero-order valence-electron chi connectivity index (χ0n) is 13.5. The van der Waals surface area contributed by atoms with Crippen LogP contribution in [-0.2, 0) is 6.42 Å². The normalized spacial score (nSPS) is 11.6. The van der Waals surface area contributed by atoms with Crippen molar-refractivity contribution in [3.8, 4) is 5.75 Å². The van der Waals surface area contributed by atoms with E-state index in [9.17, 15) is 9.90 Å². The van der Waals surface area contributed by atoms with Gasteiger partial charge in [-0.3, -0.25) is 0 Å². The maximum Gasteiger partial charge on any atom is 0.315 e. The number of amides is 2. The number of carbonyl (C=O) groups excluding carboxylic acids is 1. The molecule has 0 spiro atoms. The summed E-state index contributed by atoms with van der Waals surface area (Å²) in [6, 6.07) is 14.0. The fourth-order valence-electron chi connectivity index (χ4n) is 2.30. The summed E-state index contributed by atoms with van der Waals surface area (Å²) < 4.78 is 5.10. The van der Waals surface area contributed by atoms with Crippen LogP contribution in [-0.4, -0.2) is 31.4 Å². The molecule has 2 aromatic rings. The maximum absolute atomic E-state index is 12.0. The van der Waals surface area contributed by atoms with Crippen LogP contribution in [0.3, 0.4) is 0 Å². The molecule has 128 valence electrons. The Morgan fingerprint density at radius 1 is 1.25 bits per heavy atom. The van der Waals surface area contributed by atoms with Crippen molar-refractivity contribution in [2.75, 3.05) is 20.3 Å². The van der Waals surface area contributed by atoms with Gasteiger partial charge in [-0.2, -0.15) is 0 Å². The van der Waals surface area contributed by atoms with Gasteiger partial charge in [-0.15, -0.1) is 0 Å². The summed E-state index contributed by atoms with van der Waals surface area (Å²) in [7, 11) is 1.58. The highest BCUT2D eigenvalue weighted by Gasteiger charge is 2.13. The Morgan fingerprint density at radius 3 is 2.62 bits per heavy atom. The molecule has 0 aromatic heterocycles. The Labute approximate surface area is 146 Å². The summed E-state index contributed by atoms with van der Waals surface area (Å²) >= 11 is 6.17. The summed E-state index contributed by atoms with van der Waals surface area (Å²) in [6.07, 6.45) is 0.603. The highest BCUT2D eigenvalue weighted by molar-refractivity contribution is 6.31. The molecule has 6 heteroatoms. The van der Waals surface area contributed by atoms with Gasteiger partial charge in [0.15, 0.2) is 0 Å². The Hall–Kier alpha value is -2.24. The van der Waals surface area contributed by atoms with Gasteiger partial charge in [-0.05, 0) is 29.7 Å². The number of methoxy groups -OCH3 is 1. The predicted octanol–water partition coefficient (Wildman–Crippen LogP) is 2.92. The molecule has 24 heavy (non-hydrogen) atoms. The van der Waals surface area contributed by atoms with Gasteiger partial charge in [-0.1, -0.05) is 48.0 Å². The first-order valence-electron chi connectivity index (χ1n) is 7.66. The third kappa shape index (κ3) is 5.15. The summed E-state index contributed by atoms with van der Waals surface area (Å²) in [5.74, 6) is 0.697. The second-order valence-electron chi connectivity index (χ2n) is 5.25. The third-order valence-corrected chi connectivity index (χ3v) is 3.98. The first kappa shape index (κ1) is 18.1. The lowest BCUT2D eigenvalue weighted by Crippen LogP contribution is -2.40. The van der Waals surface area contributed by atoms with Crippen LogP contribution >= 0.6 is 11.6 Å². The number of aliphatic hydroxyl groups excluding tert-OH is 1. The predicted molar refractivity (Wildman–Crippen MR) is 94.5 cm³/mol. The molecule has 2 amide bonds. The van der Waals surface area contributed by atoms with Crippen LogP contribution in [0, 0.1) is 0 Å². The van der Waals surface area contributed by atoms with E-state index in [1.807, 2.05) is 42.5 Å². The zero-order valence-corrected chi connectivity index (χ0v) is 14.2. The molecule has 5 nitrogen and oxygen atoms in total. The van der Waals surface area contributed by atoms with Crippen LogP contribution in [0.25, 0.3) is 0 Å². The van der Waals surface area contributed by atoms with Crippen molar-refractivity contribution in [3.63, 3.8) is 0 Å². The molecule has 0 fully saturated rings. The number of rotatable bonds is 7. The summed E-state index contributed by atoms with van der Waals surface area (Å²) in [6.45, 7) is 0.270. The molecule has 0 radical (unpaired) electrons. The average molecular weight is 349 g/mol. The van der Waals surface area contributed by atoms with Gasteiger partial charge in [-0.25, -0.2) is 4.79 Å². The molecule has 0 heterocycles. The van der Waals surface area contributed by atoms with Gasteiger partial charge in [0.05, 0.1) is 19.8 Å². The van der Waals surface area contributed by atoms with Crippen LogP contribution in [0.2, 0.25) is 5.02 Å². The van der Waals surface area contributed by atoms with Crippen LogP contribution in [0.15, 0.2) is 48.5 Å². The third-order valence-electron chi connectivity index (χ3n) is 3.63. The van der Waals surface area contributed by atoms with Crippen LogP contribution in [0.5, 0.6) is 5.75 Å². The van der Waals surface area contributed by atoms with Crippen molar-refractivity contribution in [1.82, 2.24) is 10.6 Å². The molecule has 3 N–H and O–H groups in total. The molecular formula is C18H21ClN2O3. The van der Waals surface area contributed by atoms with E-state index < -0.39 is 6.04 Å². The number of aliphatic hydroxyl groups is 1. The fraction of sp³-hybridized carbons (Fsp3) is 0.278. The number of hydrogen-bond acceptors (Lipinski definition) is 3. The molecular weight excluding hydrogens is 328 g/mol. The molecule has 1 unspecified atom stereocenters. The van der Waals surface area contributed by atoms with E-state index in [1.165, 1.54) is 0 Å². The minimum atomic E-state index is -0.434.